The molecule has 0 aliphatic heterocycles. The molecule has 0 bridgehead atoms. The van der Waals surface area contributed by atoms with E-state index in [1.165, 1.54) is 29.8 Å². The number of hydrogen-bond donors (Lipinski definition) is 1. The summed E-state index contributed by atoms with van der Waals surface area (Å²) in [5, 5.41) is 2.75. The Hall–Kier alpha value is -3.08. The van der Waals surface area contributed by atoms with Crippen molar-refractivity contribution in [2.24, 2.45) is 0 Å². The molecule has 3 rings (SSSR count). The number of carbonyl (C=O) groups excluding carboxylic acids is 1. The van der Waals surface area contributed by atoms with Crippen molar-refractivity contribution < 1.29 is 18.0 Å². The molecule has 2 aromatic carbocycles. The number of carbonyl (C=O) groups is 1. The molecule has 0 heterocycles. The minimum atomic E-state index is -3.11. The molecule has 0 saturated carbocycles. The Kier molecular flexibility index (Phi) is 7.16. The number of hydrogen-bond acceptors (Lipinski definition) is 1. The third-order valence-corrected chi connectivity index (χ3v) is 5.22. The summed E-state index contributed by atoms with van der Waals surface area (Å²) in [4.78, 5) is 12.6. The molecule has 1 amide bonds. The number of alkyl halides is 2. The predicted molar refractivity (Wildman–Crippen MR) is 120 cm³/mol. The van der Waals surface area contributed by atoms with Gasteiger partial charge in [0, 0.05) is 29.3 Å². The van der Waals surface area contributed by atoms with E-state index in [0.717, 1.165) is 32.3 Å². The van der Waals surface area contributed by atoms with E-state index in [9.17, 15) is 18.0 Å². The van der Waals surface area contributed by atoms with Crippen molar-refractivity contribution in [2.75, 3.05) is 5.32 Å². The molecule has 162 valence electrons. The summed E-state index contributed by atoms with van der Waals surface area (Å²) in [6.45, 7) is 2.93. The number of halogens is 3. The molecular formula is C26H26F3NO. The standard InChI is InChI=1S/C26H26F3NO/c1-3-4-8-18-11-14-20(15-12-18)30-25(31)19-13-16-22(24(27)17-19)21-9-6-5-7-10-23(21)26(2,28)29/h5-7,10-17H,3-4,8-9H2,1-2H3,(H,30,31). The van der Waals surface area contributed by atoms with Crippen LogP contribution < -0.4 is 5.32 Å². The molecule has 31 heavy (non-hydrogen) atoms. The number of rotatable bonds is 7. The van der Waals surface area contributed by atoms with Gasteiger partial charge in [0.05, 0.1) is 0 Å². The van der Waals surface area contributed by atoms with E-state index in [-0.39, 0.29) is 28.7 Å². The van der Waals surface area contributed by atoms with E-state index in [1.807, 2.05) is 24.3 Å². The Labute approximate surface area is 181 Å². The number of nitrogens with one attached hydrogen (secondary N) is 1. The summed E-state index contributed by atoms with van der Waals surface area (Å²) in [5.41, 5.74) is 2.00. The minimum Gasteiger partial charge on any atom is -0.322 e. The molecule has 5 heteroatoms. The predicted octanol–water partition coefficient (Wildman–Crippen LogP) is 7.35. The molecule has 1 aliphatic rings. The molecule has 0 fully saturated rings. The molecule has 0 unspecified atom stereocenters. The number of allylic oxidation sites excluding steroid dienone is 6. The number of unbranched alkanes of at least 4 members (excludes halogenated alkanes) is 1. The topological polar surface area (TPSA) is 29.1 Å². The van der Waals surface area contributed by atoms with E-state index in [1.54, 1.807) is 12.2 Å². The Balaban J connectivity index is 1.81. The smallest absolute Gasteiger partial charge is 0.270 e. The van der Waals surface area contributed by atoms with Gasteiger partial charge in [-0.05, 0) is 54.7 Å². The molecule has 0 atom stereocenters. The van der Waals surface area contributed by atoms with Crippen LogP contribution in [0.15, 0.2) is 72.3 Å². The van der Waals surface area contributed by atoms with E-state index < -0.39 is 17.6 Å². The first-order valence-corrected chi connectivity index (χ1v) is 10.4. The van der Waals surface area contributed by atoms with Gasteiger partial charge in [0.15, 0.2) is 0 Å². The molecule has 0 aromatic heterocycles. The lowest BCUT2D eigenvalue weighted by Gasteiger charge is -2.18. The van der Waals surface area contributed by atoms with Crippen LogP contribution in [0, 0.1) is 5.82 Å². The highest BCUT2D eigenvalue weighted by molar-refractivity contribution is 6.04. The first kappa shape index (κ1) is 22.6. The highest BCUT2D eigenvalue weighted by Crippen LogP contribution is 2.36. The van der Waals surface area contributed by atoms with Crippen LogP contribution in [0.25, 0.3) is 5.57 Å². The van der Waals surface area contributed by atoms with Crippen molar-refractivity contribution in [1.82, 2.24) is 0 Å². The maximum absolute atomic E-state index is 14.9. The minimum absolute atomic E-state index is 0.0737. The highest BCUT2D eigenvalue weighted by Gasteiger charge is 2.30. The number of aryl methyl sites for hydroxylation is 1. The maximum Gasteiger partial charge on any atom is 0.270 e. The maximum atomic E-state index is 14.9. The van der Waals surface area contributed by atoms with Crippen molar-refractivity contribution in [3.8, 4) is 0 Å². The normalized spacial score (nSPS) is 14.0. The quantitative estimate of drug-likeness (QED) is 0.494. The third kappa shape index (κ3) is 5.75. The van der Waals surface area contributed by atoms with Gasteiger partial charge in [0.1, 0.15) is 5.82 Å². The molecule has 0 spiro atoms. The van der Waals surface area contributed by atoms with Crippen LogP contribution in [0.3, 0.4) is 0 Å². The zero-order valence-corrected chi connectivity index (χ0v) is 17.7. The fourth-order valence-electron chi connectivity index (χ4n) is 3.53. The first-order valence-electron chi connectivity index (χ1n) is 10.4. The van der Waals surface area contributed by atoms with E-state index in [4.69, 9.17) is 0 Å². The summed E-state index contributed by atoms with van der Waals surface area (Å²) >= 11 is 0. The van der Waals surface area contributed by atoms with Crippen LogP contribution in [-0.2, 0) is 6.42 Å². The van der Waals surface area contributed by atoms with Gasteiger partial charge in [-0.1, -0.05) is 55.8 Å². The molecule has 1 aliphatic carbocycles. The molecule has 2 nitrogen and oxygen atoms in total. The van der Waals surface area contributed by atoms with Gasteiger partial charge in [0.2, 0.25) is 0 Å². The lowest BCUT2D eigenvalue weighted by molar-refractivity contribution is 0.0680. The van der Waals surface area contributed by atoms with Gasteiger partial charge in [-0.2, -0.15) is 0 Å². The van der Waals surface area contributed by atoms with Crippen LogP contribution in [-0.4, -0.2) is 11.8 Å². The Morgan fingerprint density at radius 2 is 1.84 bits per heavy atom. The van der Waals surface area contributed by atoms with Crippen molar-refractivity contribution in [3.63, 3.8) is 0 Å². The average Bonchev–Trinajstić information content (AvgIpc) is 2.99. The average molecular weight is 425 g/mol. The van der Waals surface area contributed by atoms with E-state index in [2.05, 4.69) is 12.2 Å². The molecule has 0 saturated heterocycles. The molecule has 0 radical (unpaired) electrons. The first-order chi connectivity index (χ1) is 14.8. The van der Waals surface area contributed by atoms with Crippen LogP contribution in [0.1, 0.15) is 54.6 Å². The van der Waals surface area contributed by atoms with E-state index >= 15 is 0 Å². The van der Waals surface area contributed by atoms with Crippen molar-refractivity contribution in [2.45, 2.75) is 45.5 Å². The van der Waals surface area contributed by atoms with Gasteiger partial charge >= 0.3 is 0 Å². The summed E-state index contributed by atoms with van der Waals surface area (Å²) < 4.78 is 43.1. The fraction of sp³-hybridized carbons (Fsp3) is 0.269. The van der Waals surface area contributed by atoms with Crippen LogP contribution in [0.2, 0.25) is 0 Å². The zero-order chi connectivity index (χ0) is 22.4. The second-order valence-electron chi connectivity index (χ2n) is 7.72. The second kappa shape index (κ2) is 9.82. The van der Waals surface area contributed by atoms with Gasteiger partial charge in [0.25, 0.3) is 11.8 Å². The van der Waals surface area contributed by atoms with Gasteiger partial charge in [-0.3, -0.25) is 4.79 Å². The van der Waals surface area contributed by atoms with E-state index in [0.29, 0.717) is 5.69 Å². The number of benzene rings is 2. The molecule has 1 N–H and O–H groups in total. The SMILES string of the molecule is CCCCc1ccc(NC(=O)c2ccc(C3=C(C(C)(F)F)C=CC=CC3)c(F)c2)cc1. The largest absolute Gasteiger partial charge is 0.322 e. The molecule has 2 aromatic rings. The van der Waals surface area contributed by atoms with Crippen LogP contribution >= 0.6 is 0 Å². The van der Waals surface area contributed by atoms with Gasteiger partial charge < -0.3 is 5.32 Å². The summed E-state index contributed by atoms with van der Waals surface area (Å²) in [7, 11) is 0. The molecular weight excluding hydrogens is 399 g/mol. The van der Waals surface area contributed by atoms with Crippen molar-refractivity contribution in [1.29, 1.82) is 0 Å². The van der Waals surface area contributed by atoms with Crippen molar-refractivity contribution >= 4 is 17.2 Å². The fourth-order valence-corrected chi connectivity index (χ4v) is 3.53. The summed E-state index contributed by atoms with van der Waals surface area (Å²) in [6, 6.07) is 11.5. The zero-order valence-electron chi connectivity index (χ0n) is 17.7. The van der Waals surface area contributed by atoms with Crippen LogP contribution in [0.5, 0.6) is 0 Å². The number of anilines is 1. The highest BCUT2D eigenvalue weighted by atomic mass is 19.3. The number of amides is 1. The third-order valence-electron chi connectivity index (χ3n) is 5.22. The summed E-state index contributed by atoms with van der Waals surface area (Å²) in [6.07, 6.45) is 9.57. The second-order valence-corrected chi connectivity index (χ2v) is 7.72. The Bertz CT molecular complexity index is 1030. The van der Waals surface area contributed by atoms with Gasteiger partial charge in [-0.25, -0.2) is 13.2 Å². The Morgan fingerprint density at radius 3 is 2.48 bits per heavy atom. The Morgan fingerprint density at radius 1 is 1.10 bits per heavy atom. The van der Waals surface area contributed by atoms with Gasteiger partial charge in [-0.15, -0.1) is 0 Å². The lowest BCUT2D eigenvalue weighted by atomic mass is 9.93. The van der Waals surface area contributed by atoms with Crippen molar-refractivity contribution in [3.05, 3.63) is 94.8 Å². The monoisotopic (exact) mass is 425 g/mol. The lowest BCUT2D eigenvalue weighted by Crippen LogP contribution is -2.15. The summed E-state index contributed by atoms with van der Waals surface area (Å²) in [5.74, 6) is -4.27. The van der Waals surface area contributed by atoms with Crippen LogP contribution in [0.4, 0.5) is 18.9 Å².